The Hall–Kier alpha value is -2.04. The summed E-state index contributed by atoms with van der Waals surface area (Å²) in [6, 6.07) is 13.1. The molecule has 132 valence electrons. The molecule has 1 N–H and O–H groups in total. The van der Waals surface area contributed by atoms with Crippen LogP contribution < -0.4 is 10.2 Å². The van der Waals surface area contributed by atoms with Gasteiger partial charge in [0.1, 0.15) is 0 Å². The van der Waals surface area contributed by atoms with E-state index in [0.717, 1.165) is 24.3 Å². The van der Waals surface area contributed by atoms with Crippen LogP contribution in [0.15, 0.2) is 42.5 Å². The van der Waals surface area contributed by atoms with Gasteiger partial charge in [-0.1, -0.05) is 23.7 Å². The van der Waals surface area contributed by atoms with Crippen molar-refractivity contribution in [2.75, 3.05) is 30.4 Å². The van der Waals surface area contributed by atoms with Crippen LogP contribution in [0.4, 0.5) is 11.4 Å². The standard InChI is InChI=1S/C20H23ClN2O2/c1-25-14-15-5-7-16(8-6-15)20(24)22-17-9-10-19(18(21)13-17)23-11-3-2-4-12-23/h5-10,13H,2-4,11-12,14H2,1H3,(H,22,24). The number of rotatable bonds is 5. The zero-order valence-electron chi connectivity index (χ0n) is 14.4. The number of methoxy groups -OCH3 is 1. The van der Waals surface area contributed by atoms with Crippen LogP contribution in [0.25, 0.3) is 0 Å². The summed E-state index contributed by atoms with van der Waals surface area (Å²) in [5.41, 5.74) is 3.39. The van der Waals surface area contributed by atoms with Gasteiger partial charge in [-0.15, -0.1) is 0 Å². The molecule has 0 radical (unpaired) electrons. The zero-order valence-corrected chi connectivity index (χ0v) is 15.2. The van der Waals surface area contributed by atoms with E-state index in [1.54, 1.807) is 19.2 Å². The van der Waals surface area contributed by atoms with Crippen molar-refractivity contribution in [3.8, 4) is 0 Å². The molecule has 2 aromatic rings. The summed E-state index contributed by atoms with van der Waals surface area (Å²) in [5, 5.41) is 3.58. The molecule has 25 heavy (non-hydrogen) atoms. The Morgan fingerprint density at radius 1 is 1.12 bits per heavy atom. The number of carbonyl (C=O) groups is 1. The van der Waals surface area contributed by atoms with Gasteiger partial charge in [0, 0.05) is 31.5 Å². The lowest BCUT2D eigenvalue weighted by atomic mass is 10.1. The third-order valence-corrected chi connectivity index (χ3v) is 4.73. The molecule has 2 aromatic carbocycles. The van der Waals surface area contributed by atoms with E-state index >= 15 is 0 Å². The Morgan fingerprint density at radius 2 is 1.84 bits per heavy atom. The van der Waals surface area contributed by atoms with Gasteiger partial charge in [0.2, 0.25) is 0 Å². The molecule has 1 fully saturated rings. The van der Waals surface area contributed by atoms with Crippen LogP contribution in [0.3, 0.4) is 0 Å². The lowest BCUT2D eigenvalue weighted by Crippen LogP contribution is -2.29. The molecule has 4 nitrogen and oxygen atoms in total. The number of hydrogen-bond donors (Lipinski definition) is 1. The van der Waals surface area contributed by atoms with Crippen LogP contribution in [-0.2, 0) is 11.3 Å². The summed E-state index contributed by atoms with van der Waals surface area (Å²) in [6.45, 7) is 2.62. The summed E-state index contributed by atoms with van der Waals surface area (Å²) < 4.78 is 5.08. The van der Waals surface area contributed by atoms with E-state index in [0.29, 0.717) is 22.9 Å². The molecule has 1 heterocycles. The summed E-state index contributed by atoms with van der Waals surface area (Å²) in [7, 11) is 1.65. The minimum Gasteiger partial charge on any atom is -0.380 e. The number of anilines is 2. The largest absolute Gasteiger partial charge is 0.380 e. The Bertz CT molecular complexity index is 725. The lowest BCUT2D eigenvalue weighted by molar-refractivity contribution is 0.102. The van der Waals surface area contributed by atoms with Gasteiger partial charge in [0.25, 0.3) is 5.91 Å². The minimum absolute atomic E-state index is 0.147. The molecule has 0 saturated carbocycles. The van der Waals surface area contributed by atoms with E-state index in [-0.39, 0.29) is 5.91 Å². The number of ether oxygens (including phenoxy) is 1. The van der Waals surface area contributed by atoms with Gasteiger partial charge in [-0.3, -0.25) is 4.79 Å². The van der Waals surface area contributed by atoms with E-state index in [4.69, 9.17) is 16.3 Å². The van der Waals surface area contributed by atoms with Crippen LogP contribution in [-0.4, -0.2) is 26.1 Å². The van der Waals surface area contributed by atoms with E-state index < -0.39 is 0 Å². The topological polar surface area (TPSA) is 41.6 Å². The summed E-state index contributed by atoms with van der Waals surface area (Å²) in [4.78, 5) is 14.7. The molecular formula is C20H23ClN2O2. The van der Waals surface area contributed by atoms with Gasteiger partial charge in [0.05, 0.1) is 17.3 Å². The van der Waals surface area contributed by atoms with E-state index in [1.807, 2.05) is 30.3 Å². The maximum Gasteiger partial charge on any atom is 0.255 e. The first kappa shape index (κ1) is 17.8. The molecule has 1 amide bonds. The maximum absolute atomic E-state index is 12.4. The highest BCUT2D eigenvalue weighted by molar-refractivity contribution is 6.33. The Balaban J connectivity index is 1.67. The monoisotopic (exact) mass is 358 g/mol. The van der Waals surface area contributed by atoms with E-state index in [1.165, 1.54) is 19.3 Å². The first-order chi connectivity index (χ1) is 12.2. The minimum atomic E-state index is -0.147. The van der Waals surface area contributed by atoms with Gasteiger partial charge in [-0.25, -0.2) is 0 Å². The highest BCUT2D eigenvalue weighted by atomic mass is 35.5. The van der Waals surface area contributed by atoms with Gasteiger partial charge in [-0.2, -0.15) is 0 Å². The molecule has 1 aliphatic rings. The van der Waals surface area contributed by atoms with Crippen molar-refractivity contribution >= 4 is 28.9 Å². The van der Waals surface area contributed by atoms with Gasteiger partial charge in [0.15, 0.2) is 0 Å². The van der Waals surface area contributed by atoms with Crippen LogP contribution in [0.1, 0.15) is 35.2 Å². The Kier molecular flexibility index (Phi) is 5.95. The summed E-state index contributed by atoms with van der Waals surface area (Å²) in [5.74, 6) is -0.147. The second-order valence-electron chi connectivity index (χ2n) is 6.30. The molecular weight excluding hydrogens is 336 g/mol. The number of carbonyl (C=O) groups excluding carboxylic acids is 1. The predicted molar refractivity (Wildman–Crippen MR) is 103 cm³/mol. The fraction of sp³-hybridized carbons (Fsp3) is 0.350. The molecule has 0 unspecified atom stereocenters. The maximum atomic E-state index is 12.4. The normalized spacial score (nSPS) is 14.4. The van der Waals surface area contributed by atoms with Crippen molar-refractivity contribution in [2.45, 2.75) is 25.9 Å². The number of amides is 1. The van der Waals surface area contributed by atoms with Gasteiger partial charge < -0.3 is 15.0 Å². The van der Waals surface area contributed by atoms with Gasteiger partial charge in [-0.05, 0) is 55.2 Å². The number of halogens is 1. The molecule has 1 saturated heterocycles. The molecule has 0 bridgehead atoms. The summed E-state index contributed by atoms with van der Waals surface area (Å²) in [6.07, 6.45) is 3.69. The van der Waals surface area contributed by atoms with Gasteiger partial charge >= 0.3 is 0 Å². The molecule has 1 aliphatic heterocycles. The average Bonchev–Trinajstić information content (AvgIpc) is 2.63. The first-order valence-corrected chi connectivity index (χ1v) is 8.99. The van der Waals surface area contributed by atoms with E-state index in [9.17, 15) is 4.79 Å². The van der Waals surface area contributed by atoms with Crippen LogP contribution in [0.5, 0.6) is 0 Å². The highest BCUT2D eigenvalue weighted by Crippen LogP contribution is 2.31. The SMILES string of the molecule is COCc1ccc(C(=O)Nc2ccc(N3CCCCC3)c(Cl)c2)cc1. The van der Waals surface area contributed by atoms with Crippen molar-refractivity contribution in [1.82, 2.24) is 0 Å². The molecule has 0 aromatic heterocycles. The zero-order chi connectivity index (χ0) is 17.6. The van der Waals surface area contributed by atoms with Crippen molar-refractivity contribution < 1.29 is 9.53 Å². The third-order valence-electron chi connectivity index (χ3n) is 4.43. The number of nitrogens with zero attached hydrogens (tertiary/aromatic N) is 1. The Labute approximate surface area is 153 Å². The third kappa shape index (κ3) is 4.53. The summed E-state index contributed by atoms with van der Waals surface area (Å²) >= 11 is 6.44. The van der Waals surface area contributed by atoms with Crippen molar-refractivity contribution in [1.29, 1.82) is 0 Å². The molecule has 5 heteroatoms. The number of benzene rings is 2. The quantitative estimate of drug-likeness (QED) is 0.840. The first-order valence-electron chi connectivity index (χ1n) is 8.61. The fourth-order valence-electron chi connectivity index (χ4n) is 3.10. The molecule has 0 atom stereocenters. The Morgan fingerprint density at radius 3 is 2.48 bits per heavy atom. The van der Waals surface area contributed by atoms with E-state index in [2.05, 4.69) is 10.2 Å². The number of hydrogen-bond acceptors (Lipinski definition) is 3. The lowest BCUT2D eigenvalue weighted by Gasteiger charge is -2.29. The van der Waals surface area contributed by atoms with Crippen LogP contribution in [0, 0.1) is 0 Å². The van der Waals surface area contributed by atoms with Crippen molar-refractivity contribution in [2.24, 2.45) is 0 Å². The molecule has 3 rings (SSSR count). The number of piperidine rings is 1. The number of nitrogens with one attached hydrogen (secondary N) is 1. The molecule has 0 spiro atoms. The van der Waals surface area contributed by atoms with Crippen LogP contribution in [0.2, 0.25) is 5.02 Å². The highest BCUT2D eigenvalue weighted by Gasteiger charge is 2.15. The van der Waals surface area contributed by atoms with Crippen molar-refractivity contribution in [3.63, 3.8) is 0 Å². The molecule has 0 aliphatic carbocycles. The smallest absolute Gasteiger partial charge is 0.255 e. The second-order valence-corrected chi connectivity index (χ2v) is 6.71. The predicted octanol–water partition coefficient (Wildman–Crippen LogP) is 4.73. The van der Waals surface area contributed by atoms with Crippen molar-refractivity contribution in [3.05, 3.63) is 58.6 Å². The second kappa shape index (κ2) is 8.37. The fourth-order valence-corrected chi connectivity index (χ4v) is 3.40. The van der Waals surface area contributed by atoms with Crippen LogP contribution >= 0.6 is 11.6 Å². The average molecular weight is 359 g/mol.